The summed E-state index contributed by atoms with van der Waals surface area (Å²) in [6.07, 6.45) is 2.30. The minimum Gasteiger partial charge on any atom is -0.398 e. The van der Waals surface area contributed by atoms with E-state index in [0.717, 1.165) is 39.4 Å². The first-order chi connectivity index (χ1) is 32.1. The molecular formula is C63H40N2. The van der Waals surface area contributed by atoms with Crippen LogP contribution in [0.1, 0.15) is 38.9 Å². The number of nitrogen functional groups attached to an aromatic ring is 1. The van der Waals surface area contributed by atoms with Gasteiger partial charge in [0.2, 0.25) is 0 Å². The van der Waals surface area contributed by atoms with Crippen molar-refractivity contribution in [1.29, 1.82) is 0 Å². The Kier molecular flexibility index (Phi) is 7.50. The van der Waals surface area contributed by atoms with E-state index in [1.54, 1.807) is 0 Å². The van der Waals surface area contributed by atoms with Crippen LogP contribution in [0.5, 0.6) is 0 Å². The van der Waals surface area contributed by atoms with Crippen LogP contribution in [0, 0.1) is 0 Å². The lowest BCUT2D eigenvalue weighted by Gasteiger charge is -2.32. The van der Waals surface area contributed by atoms with Crippen molar-refractivity contribution in [2.75, 3.05) is 10.6 Å². The Morgan fingerprint density at radius 3 is 1.69 bits per heavy atom. The second-order valence-electron chi connectivity index (χ2n) is 17.8. The standard InChI is InChI=1S/C63H40N2/c64-61-33-28-42(36-56(61)55-37-44-16-9-13-40-14-11-22-54(55)62(40)44)41-15-10-17-45(34-41)65(46-29-31-49-43(35-46)27-26-39-12-1-2-18-48(39)49)47-30-32-53-52-21-5-8-25-59(52)63(60(53)38-47)57-23-6-3-19-50(57)51-20-4-7-24-58(51)63/h1-38H,64H2. The molecule has 3 aliphatic rings. The van der Waals surface area contributed by atoms with E-state index in [-0.39, 0.29) is 0 Å². The van der Waals surface area contributed by atoms with Crippen LogP contribution in [0.25, 0.3) is 77.3 Å². The summed E-state index contributed by atoms with van der Waals surface area (Å²) in [5.74, 6) is 0. The molecule has 0 bridgehead atoms. The molecule has 11 aromatic carbocycles. The molecule has 0 fully saturated rings. The number of nitrogens with zero attached hydrogens (tertiary/aromatic N) is 1. The summed E-state index contributed by atoms with van der Waals surface area (Å²) in [6.45, 7) is 0. The van der Waals surface area contributed by atoms with Gasteiger partial charge in [-0.15, -0.1) is 0 Å². The predicted octanol–water partition coefficient (Wildman–Crippen LogP) is 16.1. The fourth-order valence-corrected chi connectivity index (χ4v) is 11.8. The SMILES string of the molecule is Nc1ccc(-c2cccc(N(c3ccc4c(c3)C3(c5ccccc5-c5ccccc53)c3ccccc3-4)c3ccc4c(ccc5ccccc54)c3)c2)cc1C1=Cc2cccc3cccc1c23. The van der Waals surface area contributed by atoms with Gasteiger partial charge < -0.3 is 10.6 Å². The third kappa shape index (κ3) is 5.05. The third-order valence-electron chi connectivity index (χ3n) is 14.5. The molecule has 0 radical (unpaired) electrons. The van der Waals surface area contributed by atoms with Gasteiger partial charge in [-0.2, -0.15) is 0 Å². The molecule has 14 rings (SSSR count). The maximum absolute atomic E-state index is 6.86. The van der Waals surface area contributed by atoms with Crippen molar-refractivity contribution in [1.82, 2.24) is 0 Å². The summed E-state index contributed by atoms with van der Waals surface area (Å²) in [7, 11) is 0. The Morgan fingerprint density at radius 2 is 0.908 bits per heavy atom. The number of hydrogen-bond acceptors (Lipinski definition) is 2. The number of benzene rings is 11. The van der Waals surface area contributed by atoms with E-state index in [9.17, 15) is 0 Å². The Labute approximate surface area is 377 Å². The minimum atomic E-state index is -0.454. The van der Waals surface area contributed by atoms with Crippen LogP contribution in [0.3, 0.4) is 0 Å². The van der Waals surface area contributed by atoms with Crippen LogP contribution in [-0.4, -0.2) is 0 Å². The average molecular weight is 825 g/mol. The number of nitrogens with two attached hydrogens (primary N) is 1. The number of hydrogen-bond donors (Lipinski definition) is 1. The lowest BCUT2D eigenvalue weighted by molar-refractivity contribution is 0.793. The van der Waals surface area contributed by atoms with Gasteiger partial charge in [0.25, 0.3) is 0 Å². The number of rotatable bonds is 5. The molecule has 0 unspecified atom stereocenters. The van der Waals surface area contributed by atoms with Crippen molar-refractivity contribution < 1.29 is 0 Å². The largest absolute Gasteiger partial charge is 0.398 e. The van der Waals surface area contributed by atoms with E-state index in [2.05, 4.69) is 235 Å². The molecular weight excluding hydrogens is 785 g/mol. The summed E-state index contributed by atoms with van der Waals surface area (Å²) in [4.78, 5) is 2.46. The lowest BCUT2D eigenvalue weighted by Crippen LogP contribution is -2.26. The highest BCUT2D eigenvalue weighted by molar-refractivity contribution is 6.14. The van der Waals surface area contributed by atoms with Gasteiger partial charge in [0, 0.05) is 28.3 Å². The van der Waals surface area contributed by atoms with E-state index in [4.69, 9.17) is 5.73 Å². The molecule has 3 aliphatic carbocycles. The molecule has 2 heteroatoms. The summed E-state index contributed by atoms with van der Waals surface area (Å²) >= 11 is 0. The zero-order valence-corrected chi connectivity index (χ0v) is 35.5. The van der Waals surface area contributed by atoms with Crippen molar-refractivity contribution in [3.05, 3.63) is 263 Å². The molecule has 302 valence electrons. The van der Waals surface area contributed by atoms with Gasteiger partial charge in [-0.05, 0) is 159 Å². The monoisotopic (exact) mass is 824 g/mol. The lowest BCUT2D eigenvalue weighted by atomic mass is 9.70. The topological polar surface area (TPSA) is 29.3 Å². The summed E-state index contributed by atoms with van der Waals surface area (Å²) in [6, 6.07) is 83.1. The quantitative estimate of drug-likeness (QED) is 0.138. The Morgan fingerprint density at radius 1 is 0.338 bits per heavy atom. The normalized spacial score (nSPS) is 13.5. The minimum absolute atomic E-state index is 0.454. The molecule has 2 N–H and O–H groups in total. The Hall–Kier alpha value is -8.46. The molecule has 0 atom stereocenters. The van der Waals surface area contributed by atoms with Crippen LogP contribution in [0.2, 0.25) is 0 Å². The van der Waals surface area contributed by atoms with Gasteiger partial charge in [-0.3, -0.25) is 0 Å². The van der Waals surface area contributed by atoms with Crippen molar-refractivity contribution in [2.24, 2.45) is 0 Å². The van der Waals surface area contributed by atoms with E-state index < -0.39 is 5.41 Å². The van der Waals surface area contributed by atoms with Gasteiger partial charge >= 0.3 is 0 Å². The van der Waals surface area contributed by atoms with E-state index >= 15 is 0 Å². The highest BCUT2D eigenvalue weighted by Gasteiger charge is 2.51. The second-order valence-corrected chi connectivity index (χ2v) is 17.8. The van der Waals surface area contributed by atoms with Crippen molar-refractivity contribution in [3.8, 4) is 33.4 Å². The van der Waals surface area contributed by atoms with Crippen LogP contribution in [0.15, 0.2) is 224 Å². The Balaban J connectivity index is 0.970. The third-order valence-corrected chi connectivity index (χ3v) is 14.5. The zero-order valence-electron chi connectivity index (χ0n) is 35.5. The first kappa shape index (κ1) is 36.1. The van der Waals surface area contributed by atoms with Gasteiger partial charge in [0.15, 0.2) is 0 Å². The van der Waals surface area contributed by atoms with E-state index in [1.807, 2.05) is 0 Å². The molecule has 0 saturated carbocycles. The molecule has 0 heterocycles. The average Bonchev–Trinajstić information content (AvgIpc) is 3.99. The number of anilines is 4. The fourth-order valence-electron chi connectivity index (χ4n) is 11.8. The molecule has 1 spiro atoms. The molecule has 0 aliphatic heterocycles. The maximum atomic E-state index is 6.86. The van der Waals surface area contributed by atoms with Crippen molar-refractivity contribution >= 4 is 66.7 Å². The van der Waals surface area contributed by atoms with Gasteiger partial charge in [-0.25, -0.2) is 0 Å². The first-order valence-electron chi connectivity index (χ1n) is 22.5. The molecule has 0 amide bonds. The second kappa shape index (κ2) is 13.5. The van der Waals surface area contributed by atoms with Crippen LogP contribution in [0.4, 0.5) is 22.7 Å². The van der Waals surface area contributed by atoms with Crippen molar-refractivity contribution in [3.63, 3.8) is 0 Å². The zero-order chi connectivity index (χ0) is 42.8. The highest BCUT2D eigenvalue weighted by atomic mass is 15.1. The first-order valence-corrected chi connectivity index (χ1v) is 22.5. The maximum Gasteiger partial charge on any atom is 0.0726 e. The fraction of sp³-hybridized carbons (Fsp3) is 0.0159. The van der Waals surface area contributed by atoms with Crippen LogP contribution >= 0.6 is 0 Å². The Bertz CT molecular complexity index is 3800. The molecule has 0 saturated heterocycles. The molecule has 0 aromatic heterocycles. The summed E-state index contributed by atoms with van der Waals surface area (Å²) in [5, 5.41) is 7.50. The summed E-state index contributed by atoms with van der Waals surface area (Å²) < 4.78 is 0. The molecule has 65 heavy (non-hydrogen) atoms. The van der Waals surface area contributed by atoms with Gasteiger partial charge in [0.05, 0.1) is 5.41 Å². The van der Waals surface area contributed by atoms with Crippen LogP contribution < -0.4 is 10.6 Å². The smallest absolute Gasteiger partial charge is 0.0726 e. The van der Waals surface area contributed by atoms with E-state index in [0.29, 0.717) is 0 Å². The van der Waals surface area contributed by atoms with Crippen molar-refractivity contribution in [2.45, 2.75) is 5.41 Å². The predicted molar refractivity (Wildman–Crippen MR) is 273 cm³/mol. The van der Waals surface area contributed by atoms with Gasteiger partial charge in [-0.1, -0.05) is 176 Å². The van der Waals surface area contributed by atoms with Crippen LogP contribution in [-0.2, 0) is 5.41 Å². The highest BCUT2D eigenvalue weighted by Crippen LogP contribution is 2.63. The van der Waals surface area contributed by atoms with Gasteiger partial charge in [0.1, 0.15) is 0 Å². The van der Waals surface area contributed by atoms with E-state index in [1.165, 1.54) is 93.5 Å². The summed E-state index contributed by atoms with van der Waals surface area (Å²) in [5.41, 5.74) is 27.9. The molecule has 2 nitrogen and oxygen atoms in total. The molecule has 11 aromatic rings. The number of fused-ring (bicyclic) bond motifs is 13.